The molecule has 0 saturated heterocycles. The molecule has 0 amide bonds. The summed E-state index contributed by atoms with van der Waals surface area (Å²) < 4.78 is 5.50. The van der Waals surface area contributed by atoms with Crippen LogP contribution in [0.2, 0.25) is 5.02 Å². The third-order valence-electron chi connectivity index (χ3n) is 2.66. The molecule has 0 aromatic heterocycles. The number of rotatable bonds is 4. The zero-order valence-corrected chi connectivity index (χ0v) is 12.3. The highest BCUT2D eigenvalue weighted by Crippen LogP contribution is 2.31. The molecule has 0 aliphatic carbocycles. The van der Waals surface area contributed by atoms with Crippen molar-refractivity contribution in [2.24, 2.45) is 5.92 Å². The van der Waals surface area contributed by atoms with Crippen molar-refractivity contribution >= 4 is 39.2 Å². The van der Waals surface area contributed by atoms with Crippen LogP contribution in [0.1, 0.15) is 13.8 Å². The summed E-state index contributed by atoms with van der Waals surface area (Å²) in [5, 5.41) is 3.87. The minimum absolute atomic E-state index is 0.0442. The topological polar surface area (TPSA) is 38.3 Å². The van der Waals surface area contributed by atoms with E-state index in [2.05, 4.69) is 21.2 Å². The van der Waals surface area contributed by atoms with Gasteiger partial charge >= 0.3 is 5.97 Å². The van der Waals surface area contributed by atoms with Gasteiger partial charge in [-0.15, -0.1) is 0 Å². The Hall–Kier alpha value is -0.740. The molecule has 1 rings (SSSR count). The number of ether oxygens (including phenoxy) is 1. The van der Waals surface area contributed by atoms with Gasteiger partial charge in [-0.05, 0) is 41.9 Å². The molecular formula is C12H15BrClNO2. The summed E-state index contributed by atoms with van der Waals surface area (Å²) in [7, 11) is 1.39. The normalized spacial score (nSPS) is 13.9. The first-order chi connectivity index (χ1) is 7.97. The molecule has 1 aromatic rings. The summed E-state index contributed by atoms with van der Waals surface area (Å²) in [5.41, 5.74) is 0.862. The van der Waals surface area contributed by atoms with Gasteiger partial charge in [-0.25, -0.2) is 0 Å². The number of nitrogens with one attached hydrogen (secondary N) is 1. The average Bonchev–Trinajstić information content (AvgIpc) is 2.32. The van der Waals surface area contributed by atoms with E-state index in [9.17, 15) is 4.79 Å². The van der Waals surface area contributed by atoms with Crippen LogP contribution < -0.4 is 5.32 Å². The van der Waals surface area contributed by atoms with E-state index in [-0.39, 0.29) is 17.9 Å². The van der Waals surface area contributed by atoms with Crippen molar-refractivity contribution in [1.29, 1.82) is 0 Å². The van der Waals surface area contributed by atoms with Crippen LogP contribution in [-0.4, -0.2) is 19.1 Å². The number of anilines is 1. The lowest BCUT2D eigenvalue weighted by atomic mass is 10.0. The number of benzene rings is 1. The highest BCUT2D eigenvalue weighted by Gasteiger charge is 2.21. The number of halogens is 2. The maximum atomic E-state index is 11.4. The lowest BCUT2D eigenvalue weighted by Crippen LogP contribution is -2.30. The molecule has 0 aliphatic heterocycles. The Balaban J connectivity index is 2.77. The van der Waals surface area contributed by atoms with E-state index in [1.807, 2.05) is 26.0 Å². The summed E-state index contributed by atoms with van der Waals surface area (Å²) in [6.45, 7) is 3.75. The van der Waals surface area contributed by atoms with Gasteiger partial charge in [-0.2, -0.15) is 0 Å². The minimum Gasteiger partial charge on any atom is -0.469 e. The van der Waals surface area contributed by atoms with Crippen LogP contribution in [0.3, 0.4) is 0 Å². The SMILES string of the molecule is COC(=O)C(C)C(C)Nc1cccc(Cl)c1Br. The molecule has 0 fully saturated rings. The van der Waals surface area contributed by atoms with E-state index >= 15 is 0 Å². The molecule has 0 saturated carbocycles. The third-order valence-corrected chi connectivity index (χ3v) is 4.06. The number of carbonyl (C=O) groups is 1. The van der Waals surface area contributed by atoms with Crippen LogP contribution in [0.4, 0.5) is 5.69 Å². The van der Waals surface area contributed by atoms with Gasteiger partial charge < -0.3 is 10.1 Å². The highest BCUT2D eigenvalue weighted by molar-refractivity contribution is 9.10. The molecule has 3 nitrogen and oxygen atoms in total. The Morgan fingerprint density at radius 1 is 1.47 bits per heavy atom. The van der Waals surface area contributed by atoms with Gasteiger partial charge in [0.15, 0.2) is 0 Å². The van der Waals surface area contributed by atoms with E-state index in [4.69, 9.17) is 16.3 Å². The Morgan fingerprint density at radius 2 is 2.12 bits per heavy atom. The molecule has 0 bridgehead atoms. The Morgan fingerprint density at radius 3 is 2.71 bits per heavy atom. The number of hydrogen-bond acceptors (Lipinski definition) is 3. The molecule has 0 spiro atoms. The molecule has 1 aromatic carbocycles. The van der Waals surface area contributed by atoms with Gasteiger partial charge in [-0.1, -0.05) is 17.7 Å². The molecule has 94 valence electrons. The van der Waals surface area contributed by atoms with Crippen molar-refractivity contribution in [2.45, 2.75) is 19.9 Å². The fraction of sp³-hybridized carbons (Fsp3) is 0.417. The van der Waals surface area contributed by atoms with E-state index in [1.165, 1.54) is 7.11 Å². The first-order valence-electron chi connectivity index (χ1n) is 5.25. The third kappa shape index (κ3) is 3.61. The van der Waals surface area contributed by atoms with Crippen molar-refractivity contribution in [3.63, 3.8) is 0 Å². The minimum atomic E-state index is -0.233. The van der Waals surface area contributed by atoms with Crippen LogP contribution in [0.25, 0.3) is 0 Å². The standard InChI is InChI=1S/C12H15BrClNO2/c1-7(12(16)17-3)8(2)15-10-6-4-5-9(14)11(10)13/h4-8,15H,1-3H3. The fourth-order valence-electron chi connectivity index (χ4n) is 1.38. The Kier molecular flexibility index (Phi) is 5.28. The monoisotopic (exact) mass is 319 g/mol. The quantitative estimate of drug-likeness (QED) is 0.859. The van der Waals surface area contributed by atoms with E-state index in [0.717, 1.165) is 10.2 Å². The summed E-state index contributed by atoms with van der Waals surface area (Å²) >= 11 is 9.39. The van der Waals surface area contributed by atoms with Crippen LogP contribution in [0.15, 0.2) is 22.7 Å². The van der Waals surface area contributed by atoms with Gasteiger partial charge in [0.05, 0.1) is 28.2 Å². The number of methoxy groups -OCH3 is 1. The number of carbonyl (C=O) groups excluding carboxylic acids is 1. The summed E-state index contributed by atoms with van der Waals surface area (Å²) in [5.74, 6) is -0.464. The molecule has 1 N–H and O–H groups in total. The molecule has 0 heterocycles. The predicted octanol–water partition coefficient (Wildman–Crippen LogP) is 3.71. The van der Waals surface area contributed by atoms with Crippen molar-refractivity contribution < 1.29 is 9.53 Å². The second-order valence-corrected chi connectivity index (χ2v) is 5.05. The van der Waals surface area contributed by atoms with Crippen LogP contribution in [-0.2, 0) is 9.53 Å². The number of hydrogen-bond donors (Lipinski definition) is 1. The fourth-order valence-corrected chi connectivity index (χ4v) is 1.93. The Labute approximate surface area is 115 Å². The maximum absolute atomic E-state index is 11.4. The van der Waals surface area contributed by atoms with Crippen molar-refractivity contribution in [3.8, 4) is 0 Å². The summed E-state index contributed by atoms with van der Waals surface area (Å²) in [4.78, 5) is 11.4. The summed E-state index contributed by atoms with van der Waals surface area (Å²) in [6, 6.07) is 5.50. The maximum Gasteiger partial charge on any atom is 0.310 e. The number of esters is 1. The van der Waals surface area contributed by atoms with Crippen molar-refractivity contribution in [3.05, 3.63) is 27.7 Å². The smallest absolute Gasteiger partial charge is 0.310 e. The molecule has 2 atom stereocenters. The molecule has 17 heavy (non-hydrogen) atoms. The predicted molar refractivity (Wildman–Crippen MR) is 73.4 cm³/mol. The van der Waals surface area contributed by atoms with Crippen LogP contribution in [0, 0.1) is 5.92 Å². The van der Waals surface area contributed by atoms with Crippen LogP contribution >= 0.6 is 27.5 Å². The van der Waals surface area contributed by atoms with E-state index in [1.54, 1.807) is 6.07 Å². The summed E-state index contributed by atoms with van der Waals surface area (Å²) in [6.07, 6.45) is 0. The van der Waals surface area contributed by atoms with Gasteiger partial charge in [0.25, 0.3) is 0 Å². The second-order valence-electron chi connectivity index (χ2n) is 3.85. The zero-order chi connectivity index (χ0) is 13.0. The first-order valence-corrected chi connectivity index (χ1v) is 6.42. The average molecular weight is 321 g/mol. The molecule has 2 unspecified atom stereocenters. The van der Waals surface area contributed by atoms with Gasteiger partial charge in [0.2, 0.25) is 0 Å². The molecule has 0 aliphatic rings. The lowest BCUT2D eigenvalue weighted by Gasteiger charge is -2.21. The molecule has 5 heteroatoms. The highest BCUT2D eigenvalue weighted by atomic mass is 79.9. The zero-order valence-electron chi connectivity index (χ0n) is 9.96. The van der Waals surface area contributed by atoms with Gasteiger partial charge in [0.1, 0.15) is 0 Å². The van der Waals surface area contributed by atoms with E-state index in [0.29, 0.717) is 5.02 Å². The van der Waals surface area contributed by atoms with Crippen LogP contribution in [0.5, 0.6) is 0 Å². The first kappa shape index (κ1) is 14.3. The second kappa shape index (κ2) is 6.26. The van der Waals surface area contributed by atoms with Gasteiger partial charge in [-0.3, -0.25) is 4.79 Å². The lowest BCUT2D eigenvalue weighted by molar-refractivity contribution is -0.145. The Bertz CT molecular complexity index is 411. The van der Waals surface area contributed by atoms with Crippen molar-refractivity contribution in [1.82, 2.24) is 0 Å². The van der Waals surface area contributed by atoms with E-state index < -0.39 is 0 Å². The van der Waals surface area contributed by atoms with Crippen molar-refractivity contribution in [2.75, 3.05) is 12.4 Å². The molecule has 0 radical (unpaired) electrons. The van der Waals surface area contributed by atoms with Gasteiger partial charge in [0, 0.05) is 6.04 Å². The largest absolute Gasteiger partial charge is 0.469 e. The molecular weight excluding hydrogens is 305 g/mol.